The fraction of sp³-hybridized carbons (Fsp3) is 0.0667. The molecule has 2 aromatic rings. The maximum Gasteiger partial charge on any atom is 0.191 e. The summed E-state index contributed by atoms with van der Waals surface area (Å²) in [5, 5.41) is 7.23. The van der Waals surface area contributed by atoms with Gasteiger partial charge in [0.05, 0.1) is 6.21 Å². The van der Waals surface area contributed by atoms with Crippen LogP contribution in [0.4, 0.5) is 10.1 Å². The van der Waals surface area contributed by atoms with Crippen molar-refractivity contribution in [2.75, 3.05) is 5.32 Å². The van der Waals surface area contributed by atoms with E-state index in [1.807, 2.05) is 31.2 Å². The van der Waals surface area contributed by atoms with Gasteiger partial charge >= 0.3 is 0 Å². The summed E-state index contributed by atoms with van der Waals surface area (Å²) in [5.74, 6) is -0.324. The minimum absolute atomic E-state index is 0.324. The molecule has 0 radical (unpaired) electrons. The summed E-state index contributed by atoms with van der Waals surface area (Å²) in [4.78, 5) is 0. The smallest absolute Gasteiger partial charge is 0.191 e. The minimum atomic E-state index is -0.324. The lowest BCUT2D eigenvalue weighted by molar-refractivity contribution is 0.626. The Kier molecular flexibility index (Phi) is 4.79. The van der Waals surface area contributed by atoms with Crippen LogP contribution in [0.15, 0.2) is 53.6 Å². The topological polar surface area (TPSA) is 36.4 Å². The zero-order valence-corrected chi connectivity index (χ0v) is 11.7. The molecule has 0 fully saturated rings. The van der Waals surface area contributed by atoms with Gasteiger partial charge < -0.3 is 5.32 Å². The van der Waals surface area contributed by atoms with Crippen molar-refractivity contribution in [2.24, 2.45) is 5.10 Å². The SMILES string of the molecule is Cc1ccc(NC(=S)NN=Cc2ccccc2F)cc1. The molecule has 0 aliphatic heterocycles. The Balaban J connectivity index is 1.89. The van der Waals surface area contributed by atoms with E-state index in [2.05, 4.69) is 15.8 Å². The molecule has 0 heterocycles. The van der Waals surface area contributed by atoms with Gasteiger partial charge in [-0.3, -0.25) is 5.43 Å². The summed E-state index contributed by atoms with van der Waals surface area (Å²) in [6, 6.07) is 14.2. The van der Waals surface area contributed by atoms with Crippen LogP contribution in [0.2, 0.25) is 0 Å². The van der Waals surface area contributed by atoms with E-state index < -0.39 is 0 Å². The second-order valence-corrected chi connectivity index (χ2v) is 4.62. The third kappa shape index (κ3) is 4.13. The maximum atomic E-state index is 13.3. The quantitative estimate of drug-likeness (QED) is 0.516. The first-order valence-corrected chi connectivity index (χ1v) is 6.47. The molecule has 0 aliphatic rings. The predicted molar refractivity (Wildman–Crippen MR) is 84.5 cm³/mol. The van der Waals surface area contributed by atoms with Crippen molar-refractivity contribution in [3.8, 4) is 0 Å². The third-order valence-electron chi connectivity index (χ3n) is 2.58. The third-order valence-corrected chi connectivity index (χ3v) is 2.78. The van der Waals surface area contributed by atoms with Gasteiger partial charge in [-0.2, -0.15) is 5.10 Å². The molecular formula is C15H14FN3S. The lowest BCUT2D eigenvalue weighted by Gasteiger charge is -2.06. The fourth-order valence-electron chi connectivity index (χ4n) is 1.54. The summed E-state index contributed by atoms with van der Waals surface area (Å²) in [6.07, 6.45) is 1.39. The van der Waals surface area contributed by atoms with Crippen molar-refractivity contribution in [3.05, 3.63) is 65.5 Å². The number of hydrogen-bond acceptors (Lipinski definition) is 2. The maximum absolute atomic E-state index is 13.3. The van der Waals surface area contributed by atoms with Crippen molar-refractivity contribution in [1.82, 2.24) is 5.43 Å². The van der Waals surface area contributed by atoms with Crippen LogP contribution >= 0.6 is 12.2 Å². The molecule has 0 amide bonds. The average Bonchev–Trinajstić information content (AvgIpc) is 2.43. The molecule has 2 rings (SSSR count). The van der Waals surface area contributed by atoms with Gasteiger partial charge in [0.1, 0.15) is 5.82 Å². The van der Waals surface area contributed by atoms with Crippen LogP contribution in [0.5, 0.6) is 0 Å². The van der Waals surface area contributed by atoms with Gasteiger partial charge in [-0.15, -0.1) is 0 Å². The first kappa shape index (κ1) is 14.1. The number of aryl methyl sites for hydroxylation is 1. The van der Waals surface area contributed by atoms with E-state index >= 15 is 0 Å². The number of thiocarbonyl (C=S) groups is 1. The van der Waals surface area contributed by atoms with Gasteiger partial charge in [-0.05, 0) is 37.3 Å². The Morgan fingerprint density at radius 2 is 1.85 bits per heavy atom. The van der Waals surface area contributed by atoms with Crippen LogP contribution in [-0.2, 0) is 0 Å². The Morgan fingerprint density at radius 3 is 2.55 bits per heavy atom. The molecule has 2 N–H and O–H groups in total. The zero-order chi connectivity index (χ0) is 14.4. The number of anilines is 1. The highest BCUT2D eigenvalue weighted by atomic mass is 32.1. The standard InChI is InChI=1S/C15H14FN3S/c1-11-6-8-13(9-7-11)18-15(20)19-17-10-12-4-2-3-5-14(12)16/h2-10H,1H3,(H2,18,19,20). The highest BCUT2D eigenvalue weighted by molar-refractivity contribution is 7.80. The molecule has 2 aromatic carbocycles. The van der Waals surface area contributed by atoms with Gasteiger partial charge in [0.2, 0.25) is 0 Å². The van der Waals surface area contributed by atoms with Crippen LogP contribution < -0.4 is 10.7 Å². The first-order chi connectivity index (χ1) is 9.65. The van der Waals surface area contributed by atoms with E-state index in [9.17, 15) is 4.39 Å². The molecule has 20 heavy (non-hydrogen) atoms. The molecule has 5 heteroatoms. The minimum Gasteiger partial charge on any atom is -0.331 e. The number of nitrogens with one attached hydrogen (secondary N) is 2. The molecule has 0 saturated heterocycles. The van der Waals surface area contributed by atoms with Crippen LogP contribution in [0.3, 0.4) is 0 Å². The zero-order valence-electron chi connectivity index (χ0n) is 10.9. The van der Waals surface area contributed by atoms with E-state index in [1.165, 1.54) is 17.8 Å². The van der Waals surface area contributed by atoms with Gasteiger partial charge in [0.25, 0.3) is 0 Å². The molecule has 0 aliphatic carbocycles. The van der Waals surface area contributed by atoms with Gasteiger partial charge in [0.15, 0.2) is 5.11 Å². The van der Waals surface area contributed by atoms with E-state index in [4.69, 9.17) is 12.2 Å². The predicted octanol–water partition coefficient (Wildman–Crippen LogP) is 3.45. The van der Waals surface area contributed by atoms with E-state index in [-0.39, 0.29) is 5.82 Å². The monoisotopic (exact) mass is 287 g/mol. The normalized spacial score (nSPS) is 10.5. The Labute approximate surface area is 122 Å². The second kappa shape index (κ2) is 6.77. The fourth-order valence-corrected chi connectivity index (χ4v) is 1.71. The summed E-state index contributed by atoms with van der Waals surface area (Å²) in [6.45, 7) is 2.01. The summed E-state index contributed by atoms with van der Waals surface area (Å²) in [7, 11) is 0. The highest BCUT2D eigenvalue weighted by Crippen LogP contribution is 2.08. The average molecular weight is 287 g/mol. The molecule has 3 nitrogen and oxygen atoms in total. The molecule has 0 saturated carbocycles. The van der Waals surface area contributed by atoms with Gasteiger partial charge in [0, 0.05) is 11.3 Å². The number of hydrogen-bond donors (Lipinski definition) is 2. The van der Waals surface area contributed by atoms with Gasteiger partial charge in [-0.25, -0.2) is 4.39 Å². The number of hydrazone groups is 1. The number of rotatable bonds is 3. The second-order valence-electron chi connectivity index (χ2n) is 4.21. The van der Waals surface area contributed by atoms with Crippen LogP contribution in [0.25, 0.3) is 0 Å². The number of benzene rings is 2. The molecular weight excluding hydrogens is 273 g/mol. The number of nitrogens with zero attached hydrogens (tertiary/aromatic N) is 1. The number of halogens is 1. The molecule has 0 spiro atoms. The highest BCUT2D eigenvalue weighted by Gasteiger charge is 1.97. The van der Waals surface area contributed by atoms with Crippen molar-refractivity contribution in [1.29, 1.82) is 0 Å². The van der Waals surface area contributed by atoms with Crippen LogP contribution in [0, 0.1) is 12.7 Å². The first-order valence-electron chi connectivity index (χ1n) is 6.06. The van der Waals surface area contributed by atoms with Crippen LogP contribution in [0.1, 0.15) is 11.1 Å². The van der Waals surface area contributed by atoms with E-state index in [1.54, 1.807) is 18.2 Å². The Hall–Kier alpha value is -2.27. The van der Waals surface area contributed by atoms with E-state index in [0.717, 1.165) is 5.69 Å². The summed E-state index contributed by atoms with van der Waals surface area (Å²) >= 11 is 5.09. The molecule has 0 unspecified atom stereocenters. The lowest BCUT2D eigenvalue weighted by atomic mass is 10.2. The molecule has 0 atom stereocenters. The largest absolute Gasteiger partial charge is 0.331 e. The van der Waals surface area contributed by atoms with Crippen LogP contribution in [-0.4, -0.2) is 11.3 Å². The van der Waals surface area contributed by atoms with Crippen molar-refractivity contribution >= 4 is 29.2 Å². The van der Waals surface area contributed by atoms with Crippen molar-refractivity contribution in [3.63, 3.8) is 0 Å². The Bertz CT molecular complexity index is 623. The van der Waals surface area contributed by atoms with Crippen molar-refractivity contribution in [2.45, 2.75) is 6.92 Å². The lowest BCUT2D eigenvalue weighted by Crippen LogP contribution is -2.23. The van der Waals surface area contributed by atoms with E-state index in [0.29, 0.717) is 10.7 Å². The Morgan fingerprint density at radius 1 is 1.15 bits per heavy atom. The summed E-state index contributed by atoms with van der Waals surface area (Å²) < 4.78 is 13.3. The molecule has 0 aromatic heterocycles. The molecule has 102 valence electrons. The molecule has 0 bridgehead atoms. The summed E-state index contributed by atoms with van der Waals surface area (Å²) in [5.41, 5.74) is 5.09. The van der Waals surface area contributed by atoms with Crippen molar-refractivity contribution < 1.29 is 4.39 Å². The van der Waals surface area contributed by atoms with Gasteiger partial charge in [-0.1, -0.05) is 35.9 Å².